The van der Waals surface area contributed by atoms with E-state index in [9.17, 15) is 9.90 Å². The van der Waals surface area contributed by atoms with Gasteiger partial charge in [0.15, 0.2) is 0 Å². The van der Waals surface area contributed by atoms with Gasteiger partial charge in [-0.15, -0.1) is 0 Å². The lowest BCUT2D eigenvalue weighted by Gasteiger charge is -2.37. The number of nitrogens with zero attached hydrogens (tertiary/aromatic N) is 3. The van der Waals surface area contributed by atoms with E-state index in [0.29, 0.717) is 36.7 Å². The van der Waals surface area contributed by atoms with Gasteiger partial charge in [0.05, 0.1) is 12.6 Å². The monoisotopic (exact) mass is 375 g/mol. The van der Waals surface area contributed by atoms with Crippen LogP contribution in [0.1, 0.15) is 29.8 Å². The summed E-state index contributed by atoms with van der Waals surface area (Å²) in [6, 6.07) is 1.40. The van der Waals surface area contributed by atoms with Crippen molar-refractivity contribution in [2.75, 3.05) is 47.5 Å². The number of fused-ring (bicyclic) bond motifs is 1. The lowest BCUT2D eigenvalue weighted by molar-refractivity contribution is 0.0348. The first-order chi connectivity index (χ1) is 12.9. The van der Waals surface area contributed by atoms with Crippen molar-refractivity contribution in [3.05, 3.63) is 23.4 Å². The van der Waals surface area contributed by atoms with E-state index < -0.39 is 0 Å². The average Bonchev–Trinajstić information content (AvgIpc) is 2.64. The van der Waals surface area contributed by atoms with E-state index in [4.69, 9.17) is 9.47 Å². The number of hydrogen-bond acceptors (Lipinski definition) is 6. The number of aromatic nitrogens is 1. The second-order valence-corrected chi connectivity index (χ2v) is 7.20. The Balaban J connectivity index is 2.46. The van der Waals surface area contributed by atoms with Crippen molar-refractivity contribution in [2.24, 2.45) is 5.92 Å². The molecule has 148 valence electrons. The molecule has 1 aromatic rings. The topological polar surface area (TPSA) is 75.1 Å². The molecule has 2 heterocycles. The first-order valence-corrected chi connectivity index (χ1v) is 9.08. The maximum atomic E-state index is 13.2. The van der Waals surface area contributed by atoms with Gasteiger partial charge in [-0.25, -0.2) is 4.98 Å². The Morgan fingerprint density at radius 2 is 2.26 bits per heavy atom. The molecule has 0 radical (unpaired) electrons. The third kappa shape index (κ3) is 5.42. The molecule has 0 saturated carbocycles. The maximum absolute atomic E-state index is 13.2. The highest BCUT2D eigenvalue weighted by atomic mass is 16.5. The quantitative estimate of drug-likeness (QED) is 0.770. The Labute approximate surface area is 161 Å². The van der Waals surface area contributed by atoms with Crippen LogP contribution in [0.2, 0.25) is 0 Å². The fraction of sp³-hybridized carbons (Fsp3) is 0.600. The SMILES string of the molecule is COCC#Cc1cnc2c(c1)C(=O)N([C@@H](C)CO)C[C@H](C)[C@@H](CN(C)C)O2. The number of carbonyl (C=O) groups excluding carboxylic acids is 1. The van der Waals surface area contributed by atoms with Crippen molar-refractivity contribution in [2.45, 2.75) is 26.0 Å². The van der Waals surface area contributed by atoms with E-state index in [1.54, 1.807) is 24.3 Å². The molecule has 0 fully saturated rings. The first-order valence-electron chi connectivity index (χ1n) is 9.08. The number of ether oxygens (including phenoxy) is 2. The predicted octanol–water partition coefficient (Wildman–Crippen LogP) is 0.861. The van der Waals surface area contributed by atoms with Crippen LogP contribution < -0.4 is 4.74 Å². The second-order valence-electron chi connectivity index (χ2n) is 7.20. The van der Waals surface area contributed by atoms with Gasteiger partial charge in [-0.2, -0.15) is 0 Å². The van der Waals surface area contributed by atoms with Crippen LogP contribution in [0.4, 0.5) is 0 Å². The molecule has 1 amide bonds. The number of aliphatic hydroxyl groups excluding tert-OH is 1. The van der Waals surface area contributed by atoms with Crippen molar-refractivity contribution < 1.29 is 19.4 Å². The van der Waals surface area contributed by atoms with Crippen LogP contribution in [0.25, 0.3) is 0 Å². The standard InChI is InChI=1S/C20H29N3O4/c1-14-11-23(15(2)13-24)20(25)17-9-16(7-6-8-26-5)10-21-19(17)27-18(14)12-22(3)4/h9-10,14-15,18,24H,8,11-13H2,1-5H3/t14-,15-,18+/m0/s1. The number of methoxy groups -OCH3 is 1. The molecule has 27 heavy (non-hydrogen) atoms. The van der Waals surface area contributed by atoms with Crippen molar-refractivity contribution >= 4 is 5.91 Å². The number of rotatable bonds is 5. The number of carbonyl (C=O) groups is 1. The summed E-state index contributed by atoms with van der Waals surface area (Å²) in [5.41, 5.74) is 0.993. The van der Waals surface area contributed by atoms with Crippen LogP contribution >= 0.6 is 0 Å². The van der Waals surface area contributed by atoms with Crippen LogP contribution in [-0.4, -0.2) is 85.5 Å². The van der Waals surface area contributed by atoms with Crippen molar-refractivity contribution in [1.29, 1.82) is 0 Å². The molecule has 7 heteroatoms. The number of likely N-dealkylation sites (N-methyl/N-ethyl adjacent to an activating group) is 1. The molecule has 1 aromatic heterocycles. The number of aliphatic hydroxyl groups is 1. The Kier molecular flexibility index (Phi) is 7.60. The van der Waals surface area contributed by atoms with Gasteiger partial charge < -0.3 is 24.4 Å². The van der Waals surface area contributed by atoms with E-state index >= 15 is 0 Å². The second kappa shape index (κ2) is 9.70. The van der Waals surface area contributed by atoms with Crippen molar-refractivity contribution in [3.63, 3.8) is 0 Å². The minimum absolute atomic E-state index is 0.0847. The van der Waals surface area contributed by atoms with Gasteiger partial charge in [-0.05, 0) is 27.1 Å². The third-order valence-electron chi connectivity index (χ3n) is 4.52. The number of amides is 1. The van der Waals surface area contributed by atoms with E-state index in [2.05, 4.69) is 21.7 Å². The summed E-state index contributed by atoms with van der Waals surface area (Å²) in [7, 11) is 5.54. The predicted molar refractivity (Wildman–Crippen MR) is 103 cm³/mol. The Morgan fingerprint density at radius 1 is 1.52 bits per heavy atom. The highest BCUT2D eigenvalue weighted by molar-refractivity contribution is 5.97. The van der Waals surface area contributed by atoms with Crippen LogP contribution in [-0.2, 0) is 4.74 Å². The summed E-state index contributed by atoms with van der Waals surface area (Å²) in [5, 5.41) is 9.63. The van der Waals surface area contributed by atoms with Gasteiger partial charge in [0, 0.05) is 37.9 Å². The molecule has 0 spiro atoms. The van der Waals surface area contributed by atoms with Gasteiger partial charge in [-0.3, -0.25) is 4.79 Å². The summed E-state index contributed by atoms with van der Waals surface area (Å²) in [6.07, 6.45) is 1.48. The highest BCUT2D eigenvalue weighted by Crippen LogP contribution is 2.27. The van der Waals surface area contributed by atoms with E-state index in [1.807, 2.05) is 27.9 Å². The van der Waals surface area contributed by atoms with E-state index in [-0.39, 0.29) is 30.6 Å². The fourth-order valence-corrected chi connectivity index (χ4v) is 2.96. The Hall–Kier alpha value is -2.14. The first kappa shape index (κ1) is 21.2. The molecule has 1 N–H and O–H groups in total. The maximum Gasteiger partial charge on any atom is 0.259 e. The molecule has 0 saturated heterocycles. The summed E-state index contributed by atoms with van der Waals surface area (Å²) in [6.45, 7) is 5.29. The minimum atomic E-state index is -0.297. The zero-order valence-electron chi connectivity index (χ0n) is 16.7. The molecular weight excluding hydrogens is 346 g/mol. The minimum Gasteiger partial charge on any atom is -0.472 e. The van der Waals surface area contributed by atoms with Crippen LogP contribution in [0, 0.1) is 17.8 Å². The molecular formula is C20H29N3O4. The fourth-order valence-electron chi connectivity index (χ4n) is 2.96. The molecule has 0 aliphatic carbocycles. The molecule has 3 atom stereocenters. The third-order valence-corrected chi connectivity index (χ3v) is 4.52. The van der Waals surface area contributed by atoms with Gasteiger partial charge in [-0.1, -0.05) is 18.8 Å². The molecule has 0 bridgehead atoms. The Bertz CT molecular complexity index is 711. The van der Waals surface area contributed by atoms with Gasteiger partial charge in [0.2, 0.25) is 5.88 Å². The lowest BCUT2D eigenvalue weighted by atomic mass is 10.00. The summed E-state index contributed by atoms with van der Waals surface area (Å²) >= 11 is 0. The van der Waals surface area contributed by atoms with Crippen molar-refractivity contribution in [3.8, 4) is 17.7 Å². The average molecular weight is 375 g/mol. The molecule has 2 rings (SSSR count). The van der Waals surface area contributed by atoms with E-state index in [1.165, 1.54) is 0 Å². The molecule has 1 aliphatic rings. The van der Waals surface area contributed by atoms with Crippen LogP contribution in [0.3, 0.4) is 0 Å². The van der Waals surface area contributed by atoms with Gasteiger partial charge in [0.25, 0.3) is 5.91 Å². The normalized spacial score (nSPS) is 20.9. The smallest absolute Gasteiger partial charge is 0.259 e. The largest absolute Gasteiger partial charge is 0.472 e. The molecule has 0 unspecified atom stereocenters. The van der Waals surface area contributed by atoms with Crippen molar-refractivity contribution in [1.82, 2.24) is 14.8 Å². The zero-order valence-corrected chi connectivity index (χ0v) is 16.7. The Morgan fingerprint density at radius 3 is 2.89 bits per heavy atom. The zero-order chi connectivity index (χ0) is 20.0. The highest BCUT2D eigenvalue weighted by Gasteiger charge is 2.33. The summed E-state index contributed by atoms with van der Waals surface area (Å²) in [5.74, 6) is 6.00. The summed E-state index contributed by atoms with van der Waals surface area (Å²) in [4.78, 5) is 21.3. The van der Waals surface area contributed by atoms with Gasteiger partial charge in [0.1, 0.15) is 18.3 Å². The van der Waals surface area contributed by atoms with E-state index in [0.717, 1.165) is 0 Å². The van der Waals surface area contributed by atoms with Gasteiger partial charge >= 0.3 is 0 Å². The molecule has 1 aliphatic heterocycles. The number of pyridine rings is 1. The van der Waals surface area contributed by atoms with Crippen LogP contribution in [0.5, 0.6) is 5.88 Å². The summed E-state index contributed by atoms with van der Waals surface area (Å²) < 4.78 is 11.1. The molecule has 0 aromatic carbocycles. The number of hydrogen-bond donors (Lipinski definition) is 1. The lowest BCUT2D eigenvalue weighted by Crippen LogP contribution is -2.49. The van der Waals surface area contributed by atoms with Crippen LogP contribution in [0.15, 0.2) is 12.3 Å². The molecule has 7 nitrogen and oxygen atoms in total.